The minimum atomic E-state index is -0.0354. The third kappa shape index (κ3) is 5.69. The highest BCUT2D eigenvalue weighted by atomic mass is 32.1. The standard InChI is InChI=1S/C22H24N4O2S/c27-21(24-14-18-4-2-6-23-13-18)12-20-16-29-22(25-20)19-5-1-3-17(11-19)15-26-7-9-28-10-8-26/h1-6,11,13,16H,7-10,12,14-15H2,(H,24,27). The molecule has 0 radical (unpaired) electrons. The zero-order valence-electron chi connectivity index (χ0n) is 16.2. The van der Waals surface area contributed by atoms with Gasteiger partial charge in [0, 0.05) is 49.5 Å². The van der Waals surface area contributed by atoms with E-state index in [1.54, 1.807) is 23.7 Å². The van der Waals surface area contributed by atoms with Gasteiger partial charge in [0.15, 0.2) is 0 Å². The SMILES string of the molecule is O=C(Cc1csc(-c2cccc(CN3CCOCC3)c2)n1)NCc1cccnc1. The summed E-state index contributed by atoms with van der Waals surface area (Å²) < 4.78 is 5.42. The first-order valence-electron chi connectivity index (χ1n) is 9.76. The Morgan fingerprint density at radius 2 is 2.03 bits per heavy atom. The van der Waals surface area contributed by atoms with Crippen LogP contribution in [-0.4, -0.2) is 47.1 Å². The summed E-state index contributed by atoms with van der Waals surface area (Å²) in [5.41, 5.74) is 4.15. The molecule has 1 aliphatic heterocycles. The Hall–Kier alpha value is -2.61. The maximum atomic E-state index is 12.2. The number of carbonyl (C=O) groups is 1. The molecule has 1 N–H and O–H groups in total. The van der Waals surface area contributed by atoms with Gasteiger partial charge >= 0.3 is 0 Å². The molecular weight excluding hydrogens is 384 g/mol. The highest BCUT2D eigenvalue weighted by Crippen LogP contribution is 2.25. The summed E-state index contributed by atoms with van der Waals surface area (Å²) in [6.45, 7) is 4.95. The van der Waals surface area contributed by atoms with E-state index < -0.39 is 0 Å². The highest BCUT2D eigenvalue weighted by molar-refractivity contribution is 7.13. The maximum absolute atomic E-state index is 12.2. The van der Waals surface area contributed by atoms with Gasteiger partial charge in [-0.25, -0.2) is 4.98 Å². The van der Waals surface area contributed by atoms with Gasteiger partial charge in [0.25, 0.3) is 0 Å². The summed E-state index contributed by atoms with van der Waals surface area (Å²) in [6, 6.07) is 12.3. The average Bonchev–Trinajstić information content (AvgIpc) is 3.22. The molecule has 0 spiro atoms. The van der Waals surface area contributed by atoms with Crippen LogP contribution in [0.25, 0.3) is 10.6 Å². The summed E-state index contributed by atoms with van der Waals surface area (Å²) in [7, 11) is 0. The summed E-state index contributed by atoms with van der Waals surface area (Å²) in [5, 5.41) is 5.83. The lowest BCUT2D eigenvalue weighted by molar-refractivity contribution is -0.120. The average molecular weight is 409 g/mol. The molecule has 6 nitrogen and oxygen atoms in total. The van der Waals surface area contributed by atoms with E-state index in [9.17, 15) is 4.79 Å². The monoisotopic (exact) mass is 408 g/mol. The van der Waals surface area contributed by atoms with Crippen LogP contribution >= 0.6 is 11.3 Å². The number of rotatable bonds is 7. The summed E-state index contributed by atoms with van der Waals surface area (Å²) in [4.78, 5) is 23.4. The smallest absolute Gasteiger partial charge is 0.226 e. The van der Waals surface area contributed by atoms with Gasteiger partial charge in [0.05, 0.1) is 25.3 Å². The molecule has 2 aromatic heterocycles. The topological polar surface area (TPSA) is 67.4 Å². The van der Waals surface area contributed by atoms with E-state index in [-0.39, 0.29) is 12.3 Å². The molecule has 0 atom stereocenters. The van der Waals surface area contributed by atoms with Crippen molar-refractivity contribution in [2.45, 2.75) is 19.5 Å². The third-order valence-corrected chi connectivity index (χ3v) is 5.73. The van der Waals surface area contributed by atoms with Gasteiger partial charge in [-0.05, 0) is 23.3 Å². The van der Waals surface area contributed by atoms with Crippen LogP contribution in [-0.2, 0) is 29.0 Å². The number of nitrogens with one attached hydrogen (secondary N) is 1. The lowest BCUT2D eigenvalue weighted by Gasteiger charge is -2.26. The second-order valence-corrected chi connectivity index (χ2v) is 7.91. The first kappa shape index (κ1) is 19.7. The number of carbonyl (C=O) groups excluding carboxylic acids is 1. The van der Waals surface area contributed by atoms with Crippen LogP contribution in [0.5, 0.6) is 0 Å². The molecule has 1 saturated heterocycles. The number of morpholine rings is 1. The quantitative estimate of drug-likeness (QED) is 0.651. The molecule has 29 heavy (non-hydrogen) atoms. The molecular formula is C22H24N4O2S. The van der Waals surface area contributed by atoms with E-state index in [0.717, 1.165) is 54.7 Å². The molecule has 150 valence electrons. The zero-order valence-corrected chi connectivity index (χ0v) is 17.0. The molecule has 3 aromatic rings. The molecule has 7 heteroatoms. The molecule has 3 heterocycles. The Morgan fingerprint density at radius 3 is 2.86 bits per heavy atom. The van der Waals surface area contributed by atoms with Gasteiger partial charge < -0.3 is 10.1 Å². The number of thiazole rings is 1. The number of ether oxygens (including phenoxy) is 1. The van der Waals surface area contributed by atoms with E-state index in [0.29, 0.717) is 6.54 Å². The van der Waals surface area contributed by atoms with E-state index in [1.807, 2.05) is 17.5 Å². The number of amides is 1. The fraction of sp³-hybridized carbons (Fsp3) is 0.318. The predicted octanol–water partition coefficient (Wildman–Crippen LogP) is 2.90. The van der Waals surface area contributed by atoms with Gasteiger partial charge in [-0.15, -0.1) is 11.3 Å². The van der Waals surface area contributed by atoms with E-state index in [4.69, 9.17) is 4.74 Å². The Kier molecular flexibility index (Phi) is 6.61. The van der Waals surface area contributed by atoms with E-state index in [1.165, 1.54) is 5.56 Å². The molecule has 0 unspecified atom stereocenters. The molecule has 0 bridgehead atoms. The van der Waals surface area contributed by atoms with Crippen LogP contribution in [0.15, 0.2) is 54.2 Å². The number of aromatic nitrogens is 2. The third-order valence-electron chi connectivity index (χ3n) is 4.79. The van der Waals surface area contributed by atoms with Crippen LogP contribution in [0, 0.1) is 0 Å². The van der Waals surface area contributed by atoms with Crippen molar-refractivity contribution in [1.29, 1.82) is 0 Å². The van der Waals surface area contributed by atoms with Crippen LogP contribution in [0.2, 0.25) is 0 Å². The summed E-state index contributed by atoms with van der Waals surface area (Å²) >= 11 is 1.58. The fourth-order valence-electron chi connectivity index (χ4n) is 3.27. The van der Waals surface area contributed by atoms with Gasteiger partial charge in [0.2, 0.25) is 5.91 Å². The van der Waals surface area contributed by atoms with E-state index in [2.05, 4.69) is 44.5 Å². The molecule has 0 saturated carbocycles. The minimum absolute atomic E-state index is 0.0354. The van der Waals surface area contributed by atoms with Crippen molar-refractivity contribution >= 4 is 17.2 Å². The normalized spacial score (nSPS) is 14.6. The van der Waals surface area contributed by atoms with Crippen LogP contribution in [0.1, 0.15) is 16.8 Å². The number of nitrogens with zero attached hydrogens (tertiary/aromatic N) is 3. The van der Waals surface area contributed by atoms with Crippen molar-refractivity contribution < 1.29 is 9.53 Å². The first-order chi connectivity index (χ1) is 14.3. The molecule has 1 fully saturated rings. The number of hydrogen-bond donors (Lipinski definition) is 1. The van der Waals surface area contributed by atoms with Crippen molar-refractivity contribution in [3.8, 4) is 10.6 Å². The zero-order chi connectivity index (χ0) is 19.9. The second kappa shape index (κ2) is 9.73. The minimum Gasteiger partial charge on any atom is -0.379 e. The molecule has 0 aliphatic carbocycles. The summed E-state index contributed by atoms with van der Waals surface area (Å²) in [6.07, 6.45) is 3.76. The number of hydrogen-bond acceptors (Lipinski definition) is 6. The van der Waals surface area contributed by atoms with Crippen molar-refractivity contribution in [2.75, 3.05) is 26.3 Å². The lowest BCUT2D eigenvalue weighted by Crippen LogP contribution is -2.35. The van der Waals surface area contributed by atoms with Gasteiger partial charge in [-0.1, -0.05) is 24.3 Å². The lowest BCUT2D eigenvalue weighted by atomic mass is 10.1. The Labute approximate surface area is 174 Å². The molecule has 4 rings (SSSR count). The molecule has 1 aliphatic rings. The van der Waals surface area contributed by atoms with Crippen molar-refractivity contribution in [2.24, 2.45) is 0 Å². The maximum Gasteiger partial charge on any atom is 0.226 e. The van der Waals surface area contributed by atoms with Gasteiger partial charge in [-0.3, -0.25) is 14.7 Å². The van der Waals surface area contributed by atoms with Crippen LogP contribution in [0.4, 0.5) is 0 Å². The Balaban J connectivity index is 1.34. The van der Waals surface area contributed by atoms with Crippen molar-refractivity contribution in [3.63, 3.8) is 0 Å². The fourth-order valence-corrected chi connectivity index (χ4v) is 4.09. The molecule has 1 amide bonds. The number of pyridine rings is 1. The van der Waals surface area contributed by atoms with Crippen molar-refractivity contribution in [1.82, 2.24) is 20.2 Å². The predicted molar refractivity (Wildman–Crippen MR) is 113 cm³/mol. The Bertz CT molecular complexity index is 939. The van der Waals surface area contributed by atoms with Gasteiger partial charge in [0.1, 0.15) is 5.01 Å². The van der Waals surface area contributed by atoms with Crippen LogP contribution in [0.3, 0.4) is 0 Å². The van der Waals surface area contributed by atoms with Gasteiger partial charge in [-0.2, -0.15) is 0 Å². The Morgan fingerprint density at radius 1 is 1.17 bits per heavy atom. The highest BCUT2D eigenvalue weighted by Gasteiger charge is 2.13. The van der Waals surface area contributed by atoms with Crippen molar-refractivity contribution in [3.05, 3.63) is 71.0 Å². The first-order valence-corrected chi connectivity index (χ1v) is 10.6. The van der Waals surface area contributed by atoms with Crippen LogP contribution < -0.4 is 5.32 Å². The second-order valence-electron chi connectivity index (χ2n) is 7.05. The summed E-state index contributed by atoms with van der Waals surface area (Å²) in [5.74, 6) is -0.0354. The van der Waals surface area contributed by atoms with E-state index >= 15 is 0 Å². The molecule has 1 aromatic carbocycles. The number of benzene rings is 1. The largest absolute Gasteiger partial charge is 0.379 e.